The van der Waals surface area contributed by atoms with E-state index in [-0.39, 0.29) is 5.70 Å². The first-order chi connectivity index (χ1) is 8.20. The van der Waals surface area contributed by atoms with Gasteiger partial charge in [-0.3, -0.25) is 0 Å². The quantitative estimate of drug-likeness (QED) is 0.623. The molecule has 88 valence electrons. The van der Waals surface area contributed by atoms with Crippen LogP contribution >= 0.6 is 0 Å². The van der Waals surface area contributed by atoms with Gasteiger partial charge in [-0.25, -0.2) is 4.79 Å². The van der Waals surface area contributed by atoms with Crippen LogP contribution < -0.4 is 5.73 Å². The minimum Gasteiger partial charge on any atom is -0.464 e. The SMILES string of the molecule is COC(=O)/C(N)=C/C1=Cc2ccccc2CC1. The van der Waals surface area contributed by atoms with Gasteiger partial charge in [0, 0.05) is 0 Å². The molecule has 0 spiro atoms. The van der Waals surface area contributed by atoms with E-state index in [1.807, 2.05) is 12.1 Å². The van der Waals surface area contributed by atoms with Crippen LogP contribution in [0.25, 0.3) is 6.08 Å². The fraction of sp³-hybridized carbons (Fsp3) is 0.214. The Kier molecular flexibility index (Phi) is 3.28. The third-order valence-corrected chi connectivity index (χ3v) is 2.84. The lowest BCUT2D eigenvalue weighted by Gasteiger charge is -2.14. The zero-order valence-corrected chi connectivity index (χ0v) is 9.77. The molecule has 0 aliphatic heterocycles. The zero-order valence-electron chi connectivity index (χ0n) is 9.77. The smallest absolute Gasteiger partial charge is 0.353 e. The average Bonchev–Trinajstić information content (AvgIpc) is 2.37. The van der Waals surface area contributed by atoms with Gasteiger partial charge in [-0.05, 0) is 35.6 Å². The molecule has 1 aliphatic carbocycles. The van der Waals surface area contributed by atoms with Crippen molar-refractivity contribution >= 4 is 12.0 Å². The van der Waals surface area contributed by atoms with Crippen LogP contribution in [0.5, 0.6) is 0 Å². The third-order valence-electron chi connectivity index (χ3n) is 2.84. The summed E-state index contributed by atoms with van der Waals surface area (Å²) in [7, 11) is 1.33. The number of allylic oxidation sites excluding steroid dienone is 2. The third kappa shape index (κ3) is 2.56. The van der Waals surface area contributed by atoms with Crippen LogP contribution in [0, 0.1) is 0 Å². The molecule has 2 N–H and O–H groups in total. The first-order valence-corrected chi connectivity index (χ1v) is 5.54. The molecular weight excluding hydrogens is 214 g/mol. The summed E-state index contributed by atoms with van der Waals surface area (Å²) in [4.78, 5) is 11.2. The Morgan fingerprint density at radius 3 is 2.88 bits per heavy atom. The van der Waals surface area contributed by atoms with E-state index in [1.54, 1.807) is 6.08 Å². The van der Waals surface area contributed by atoms with E-state index < -0.39 is 5.97 Å². The van der Waals surface area contributed by atoms with Crippen LogP contribution in [0.4, 0.5) is 0 Å². The molecule has 0 atom stereocenters. The van der Waals surface area contributed by atoms with Crippen molar-refractivity contribution in [3.05, 3.63) is 52.7 Å². The van der Waals surface area contributed by atoms with Gasteiger partial charge in [-0.2, -0.15) is 0 Å². The first-order valence-electron chi connectivity index (χ1n) is 5.54. The Hall–Kier alpha value is -2.03. The second-order valence-corrected chi connectivity index (χ2v) is 4.01. The number of carbonyl (C=O) groups is 1. The molecule has 0 saturated carbocycles. The Morgan fingerprint density at radius 1 is 1.35 bits per heavy atom. The highest BCUT2D eigenvalue weighted by atomic mass is 16.5. The highest BCUT2D eigenvalue weighted by Crippen LogP contribution is 2.24. The van der Waals surface area contributed by atoms with E-state index in [0.29, 0.717) is 0 Å². The van der Waals surface area contributed by atoms with Gasteiger partial charge in [-0.1, -0.05) is 30.3 Å². The highest BCUT2D eigenvalue weighted by Gasteiger charge is 2.10. The summed E-state index contributed by atoms with van der Waals surface area (Å²) in [6.45, 7) is 0. The predicted octanol–water partition coefficient (Wildman–Crippen LogP) is 2.03. The summed E-state index contributed by atoms with van der Waals surface area (Å²) in [5.41, 5.74) is 9.37. The topological polar surface area (TPSA) is 52.3 Å². The van der Waals surface area contributed by atoms with Gasteiger partial charge in [0.1, 0.15) is 5.70 Å². The molecule has 0 unspecified atom stereocenters. The number of ether oxygens (including phenoxy) is 1. The number of hydrogen-bond acceptors (Lipinski definition) is 3. The van der Waals surface area contributed by atoms with Crippen molar-refractivity contribution in [1.29, 1.82) is 0 Å². The van der Waals surface area contributed by atoms with Crippen molar-refractivity contribution in [3.8, 4) is 0 Å². The largest absolute Gasteiger partial charge is 0.464 e. The van der Waals surface area contributed by atoms with Gasteiger partial charge in [0.05, 0.1) is 7.11 Å². The number of aryl methyl sites for hydroxylation is 1. The van der Waals surface area contributed by atoms with Crippen molar-refractivity contribution in [3.63, 3.8) is 0 Å². The summed E-state index contributed by atoms with van der Waals surface area (Å²) >= 11 is 0. The van der Waals surface area contributed by atoms with Gasteiger partial charge < -0.3 is 10.5 Å². The average molecular weight is 229 g/mol. The zero-order chi connectivity index (χ0) is 12.3. The maximum Gasteiger partial charge on any atom is 0.353 e. The molecular formula is C14H15NO2. The van der Waals surface area contributed by atoms with E-state index in [1.165, 1.54) is 18.2 Å². The van der Waals surface area contributed by atoms with Crippen LogP contribution in [0.2, 0.25) is 0 Å². The normalized spacial score (nSPS) is 14.9. The number of fused-ring (bicyclic) bond motifs is 1. The Bertz CT molecular complexity index is 501. The molecule has 0 bridgehead atoms. The standard InChI is InChI=1S/C14H15NO2/c1-17-14(16)13(15)9-10-6-7-11-4-2-3-5-12(11)8-10/h2-5,8-9H,6-7,15H2,1H3/b13-9-. The van der Waals surface area contributed by atoms with Gasteiger partial charge in [0.25, 0.3) is 0 Å². The summed E-state index contributed by atoms with van der Waals surface area (Å²) in [5.74, 6) is -0.482. The second kappa shape index (κ2) is 4.87. The molecule has 3 nitrogen and oxygen atoms in total. The van der Waals surface area contributed by atoms with E-state index in [0.717, 1.165) is 18.4 Å². The molecule has 1 aromatic carbocycles. The Morgan fingerprint density at radius 2 is 2.12 bits per heavy atom. The monoisotopic (exact) mass is 229 g/mol. The van der Waals surface area contributed by atoms with Crippen LogP contribution in [0.15, 0.2) is 41.6 Å². The summed E-state index contributed by atoms with van der Waals surface area (Å²) in [5, 5.41) is 0. The van der Waals surface area contributed by atoms with Crippen LogP contribution in [0.1, 0.15) is 17.5 Å². The van der Waals surface area contributed by atoms with Gasteiger partial charge >= 0.3 is 5.97 Å². The fourth-order valence-electron chi connectivity index (χ4n) is 1.94. The number of carbonyl (C=O) groups excluding carboxylic acids is 1. The van der Waals surface area contributed by atoms with Crippen LogP contribution in [0.3, 0.4) is 0 Å². The molecule has 2 rings (SSSR count). The van der Waals surface area contributed by atoms with Gasteiger partial charge in [-0.15, -0.1) is 0 Å². The summed E-state index contributed by atoms with van der Waals surface area (Å²) in [6.07, 6.45) is 5.64. The lowest BCUT2D eigenvalue weighted by Crippen LogP contribution is -2.13. The molecule has 0 amide bonds. The number of benzene rings is 1. The minimum absolute atomic E-state index is 0.151. The molecule has 17 heavy (non-hydrogen) atoms. The number of esters is 1. The molecule has 3 heteroatoms. The van der Waals surface area contributed by atoms with Crippen molar-refractivity contribution in [1.82, 2.24) is 0 Å². The van der Waals surface area contributed by atoms with E-state index in [2.05, 4.69) is 22.9 Å². The first kappa shape index (κ1) is 11.5. The number of nitrogens with two attached hydrogens (primary N) is 1. The predicted molar refractivity (Wildman–Crippen MR) is 67.0 cm³/mol. The van der Waals surface area contributed by atoms with E-state index in [4.69, 9.17) is 5.73 Å². The number of hydrogen-bond donors (Lipinski definition) is 1. The van der Waals surface area contributed by atoms with Crippen molar-refractivity contribution in [2.24, 2.45) is 5.73 Å². The van der Waals surface area contributed by atoms with E-state index >= 15 is 0 Å². The maximum absolute atomic E-state index is 11.2. The molecule has 1 aliphatic rings. The maximum atomic E-state index is 11.2. The molecule has 0 heterocycles. The summed E-state index contributed by atoms with van der Waals surface area (Å²) < 4.78 is 4.56. The molecule has 0 aromatic heterocycles. The highest BCUT2D eigenvalue weighted by molar-refractivity contribution is 5.88. The molecule has 0 radical (unpaired) electrons. The number of methoxy groups -OCH3 is 1. The van der Waals surface area contributed by atoms with Crippen molar-refractivity contribution < 1.29 is 9.53 Å². The molecule has 1 aromatic rings. The molecule has 0 fully saturated rings. The minimum atomic E-state index is -0.482. The second-order valence-electron chi connectivity index (χ2n) is 4.01. The Balaban J connectivity index is 2.26. The van der Waals surface area contributed by atoms with Crippen molar-refractivity contribution in [2.75, 3.05) is 7.11 Å². The van der Waals surface area contributed by atoms with Crippen LogP contribution in [-0.2, 0) is 16.0 Å². The van der Waals surface area contributed by atoms with E-state index in [9.17, 15) is 4.79 Å². The van der Waals surface area contributed by atoms with Crippen LogP contribution in [-0.4, -0.2) is 13.1 Å². The van der Waals surface area contributed by atoms with Gasteiger partial charge in [0.2, 0.25) is 0 Å². The fourth-order valence-corrected chi connectivity index (χ4v) is 1.94. The molecule has 0 saturated heterocycles. The lowest BCUT2D eigenvalue weighted by molar-refractivity contribution is -0.136. The van der Waals surface area contributed by atoms with Crippen molar-refractivity contribution in [2.45, 2.75) is 12.8 Å². The number of rotatable bonds is 2. The van der Waals surface area contributed by atoms with Gasteiger partial charge in [0.15, 0.2) is 0 Å². The summed E-state index contributed by atoms with van der Waals surface area (Å²) in [6, 6.07) is 8.23. The Labute approximate surface area is 101 Å². The lowest BCUT2D eigenvalue weighted by atomic mass is 9.92.